The number of benzene rings is 2. The van der Waals surface area contributed by atoms with Crippen LogP contribution in [0.3, 0.4) is 0 Å². The number of rotatable bonds is 9. The average molecular weight is 622 g/mol. The van der Waals surface area contributed by atoms with Crippen molar-refractivity contribution < 1.29 is 18.0 Å². The molecule has 0 radical (unpaired) electrons. The van der Waals surface area contributed by atoms with Gasteiger partial charge >= 0.3 is 0 Å². The lowest BCUT2D eigenvalue weighted by Crippen LogP contribution is -2.58. The minimum Gasteiger partial charge on any atom is -0.356 e. The third-order valence-corrected chi connectivity index (χ3v) is 11.4. The molecule has 2 aromatic carbocycles. The molecular formula is C30H38Cl2N4O4S. The normalized spacial score (nSPS) is 26.0. The number of nitrogens with one attached hydrogen (secondary N) is 2. The monoisotopic (exact) mass is 620 g/mol. The first-order chi connectivity index (χ1) is 19.7. The molecule has 3 fully saturated rings. The van der Waals surface area contributed by atoms with Crippen molar-refractivity contribution in [1.82, 2.24) is 19.8 Å². The van der Waals surface area contributed by atoms with Crippen molar-refractivity contribution in [3.8, 4) is 0 Å². The van der Waals surface area contributed by atoms with Crippen LogP contribution >= 0.6 is 23.2 Å². The van der Waals surface area contributed by atoms with Crippen molar-refractivity contribution in [2.75, 3.05) is 32.7 Å². The summed E-state index contributed by atoms with van der Waals surface area (Å²) in [7, 11) is -4.11. The second kappa shape index (κ2) is 13.4. The Bertz CT molecular complexity index is 1340. The van der Waals surface area contributed by atoms with E-state index in [-0.39, 0.29) is 35.3 Å². The predicted octanol–water partition coefficient (Wildman–Crippen LogP) is 4.63. The first-order valence-corrected chi connectivity index (χ1v) is 16.7. The van der Waals surface area contributed by atoms with E-state index in [9.17, 15) is 18.0 Å². The number of hydrogen-bond donors (Lipinski definition) is 2. The Morgan fingerprint density at radius 2 is 1.71 bits per heavy atom. The van der Waals surface area contributed by atoms with Crippen LogP contribution in [0.25, 0.3) is 0 Å². The van der Waals surface area contributed by atoms with Gasteiger partial charge in [0.1, 0.15) is 10.9 Å². The molecule has 2 amide bonds. The van der Waals surface area contributed by atoms with Crippen molar-refractivity contribution in [1.29, 1.82) is 0 Å². The molecule has 2 N–H and O–H groups in total. The second-order valence-electron chi connectivity index (χ2n) is 11.5. The van der Waals surface area contributed by atoms with Gasteiger partial charge in [0, 0.05) is 37.2 Å². The quantitative estimate of drug-likeness (QED) is 0.426. The molecule has 2 saturated heterocycles. The zero-order valence-corrected chi connectivity index (χ0v) is 25.4. The van der Waals surface area contributed by atoms with Gasteiger partial charge < -0.3 is 10.6 Å². The average Bonchev–Trinajstić information content (AvgIpc) is 3.42. The van der Waals surface area contributed by atoms with E-state index in [4.69, 9.17) is 23.2 Å². The Morgan fingerprint density at radius 3 is 2.44 bits per heavy atom. The highest BCUT2D eigenvalue weighted by Gasteiger charge is 2.40. The van der Waals surface area contributed by atoms with Gasteiger partial charge in [0.15, 0.2) is 0 Å². The molecular weight excluding hydrogens is 583 g/mol. The fourth-order valence-electron chi connectivity index (χ4n) is 6.54. The smallest absolute Gasteiger partial charge is 0.245 e. The van der Waals surface area contributed by atoms with Gasteiger partial charge in [-0.05, 0) is 80.7 Å². The van der Waals surface area contributed by atoms with Crippen LogP contribution in [0.1, 0.15) is 56.6 Å². The SMILES string of the molecule is O=C(CC1C(=O)NCCN1S(=O)(=O)c1ccc(Cl)cc1Cl)NCC1CCC(CN2CCCC2c2ccccc2)CC1. The van der Waals surface area contributed by atoms with E-state index in [0.717, 1.165) is 43.1 Å². The molecule has 1 saturated carbocycles. The van der Waals surface area contributed by atoms with Crippen molar-refractivity contribution in [2.24, 2.45) is 11.8 Å². The minimum atomic E-state index is -4.11. The maximum Gasteiger partial charge on any atom is 0.245 e. The lowest BCUT2D eigenvalue weighted by molar-refractivity contribution is -0.131. The van der Waals surface area contributed by atoms with Gasteiger partial charge in [-0.3, -0.25) is 14.5 Å². The zero-order valence-electron chi connectivity index (χ0n) is 23.1. The summed E-state index contributed by atoms with van der Waals surface area (Å²) in [5.41, 5.74) is 1.41. The van der Waals surface area contributed by atoms with Crippen LogP contribution in [0, 0.1) is 11.8 Å². The molecule has 2 unspecified atom stereocenters. The number of sulfonamides is 1. The largest absolute Gasteiger partial charge is 0.356 e. The van der Waals surface area contributed by atoms with Crippen LogP contribution in [0.2, 0.25) is 10.0 Å². The molecule has 2 aromatic rings. The summed E-state index contributed by atoms with van der Waals surface area (Å²) in [5, 5.41) is 5.94. The topological polar surface area (TPSA) is 98.8 Å². The van der Waals surface area contributed by atoms with E-state index in [1.54, 1.807) is 0 Å². The maximum absolute atomic E-state index is 13.4. The van der Waals surface area contributed by atoms with Crippen LogP contribution < -0.4 is 10.6 Å². The van der Waals surface area contributed by atoms with E-state index in [2.05, 4.69) is 45.9 Å². The number of amides is 2. The number of nitrogens with zero attached hydrogens (tertiary/aromatic N) is 2. The van der Waals surface area contributed by atoms with Gasteiger partial charge in [-0.25, -0.2) is 8.42 Å². The van der Waals surface area contributed by atoms with Crippen LogP contribution in [-0.4, -0.2) is 68.2 Å². The van der Waals surface area contributed by atoms with E-state index >= 15 is 0 Å². The third kappa shape index (κ3) is 7.25. The highest BCUT2D eigenvalue weighted by atomic mass is 35.5. The molecule has 2 aliphatic heterocycles. The Hall–Kier alpha value is -2.17. The van der Waals surface area contributed by atoms with Crippen LogP contribution in [0.15, 0.2) is 53.4 Å². The molecule has 1 aliphatic carbocycles. The first kappa shape index (κ1) is 30.3. The van der Waals surface area contributed by atoms with Crippen molar-refractivity contribution in [2.45, 2.75) is 61.9 Å². The molecule has 0 spiro atoms. The van der Waals surface area contributed by atoms with E-state index in [0.29, 0.717) is 29.4 Å². The predicted molar refractivity (Wildman–Crippen MR) is 160 cm³/mol. The molecule has 2 atom stereocenters. The van der Waals surface area contributed by atoms with Crippen LogP contribution in [-0.2, 0) is 19.6 Å². The molecule has 8 nitrogen and oxygen atoms in total. The van der Waals surface area contributed by atoms with E-state index in [1.807, 2.05) is 0 Å². The van der Waals surface area contributed by atoms with Crippen LogP contribution in [0.4, 0.5) is 0 Å². The van der Waals surface area contributed by atoms with Gasteiger partial charge in [0.2, 0.25) is 21.8 Å². The number of carbonyl (C=O) groups is 2. The zero-order chi connectivity index (χ0) is 29.0. The summed E-state index contributed by atoms with van der Waals surface area (Å²) in [6, 6.07) is 14.3. The van der Waals surface area contributed by atoms with Crippen molar-refractivity contribution in [3.63, 3.8) is 0 Å². The highest BCUT2D eigenvalue weighted by Crippen LogP contribution is 2.36. The summed E-state index contributed by atoms with van der Waals surface area (Å²) in [5.74, 6) is 0.220. The van der Waals surface area contributed by atoms with Gasteiger partial charge in [-0.2, -0.15) is 4.31 Å². The molecule has 2 heterocycles. The summed E-state index contributed by atoms with van der Waals surface area (Å²) < 4.78 is 27.9. The summed E-state index contributed by atoms with van der Waals surface area (Å²) in [6.45, 7) is 3.02. The maximum atomic E-state index is 13.4. The van der Waals surface area contributed by atoms with E-state index < -0.39 is 22.0 Å². The number of halogens is 2. The highest BCUT2D eigenvalue weighted by molar-refractivity contribution is 7.89. The Morgan fingerprint density at radius 1 is 0.976 bits per heavy atom. The molecule has 41 heavy (non-hydrogen) atoms. The molecule has 222 valence electrons. The Labute approximate surface area is 252 Å². The number of hydrogen-bond acceptors (Lipinski definition) is 5. The fourth-order valence-corrected chi connectivity index (χ4v) is 8.88. The van der Waals surface area contributed by atoms with E-state index in [1.165, 1.54) is 36.6 Å². The second-order valence-corrected chi connectivity index (χ2v) is 14.2. The summed E-state index contributed by atoms with van der Waals surface area (Å²) >= 11 is 12.1. The Kier molecular flexibility index (Phi) is 9.92. The molecule has 3 aliphatic rings. The third-order valence-electron chi connectivity index (χ3n) is 8.74. The van der Waals surface area contributed by atoms with Gasteiger partial charge in [0.05, 0.1) is 11.4 Å². The number of likely N-dealkylation sites (tertiary alicyclic amines) is 1. The van der Waals surface area contributed by atoms with Gasteiger partial charge in [-0.15, -0.1) is 0 Å². The van der Waals surface area contributed by atoms with Gasteiger partial charge in [-0.1, -0.05) is 53.5 Å². The lowest BCUT2D eigenvalue weighted by Gasteiger charge is -2.35. The lowest BCUT2D eigenvalue weighted by atomic mass is 9.81. The standard InChI is InChI=1S/C30H38Cl2N4O4S/c31-24-12-13-28(25(32)17-24)41(39,40)36-16-14-33-30(38)27(36)18-29(37)34-19-21-8-10-22(11-9-21)20-35-15-4-7-26(35)23-5-2-1-3-6-23/h1-3,5-6,12-13,17,21-22,26-27H,4,7-11,14-16,18-20H2,(H,33,38)(H,34,37). The number of carbonyl (C=O) groups excluding carboxylic acids is 2. The molecule has 0 aromatic heterocycles. The molecule has 0 bridgehead atoms. The van der Waals surface area contributed by atoms with Crippen molar-refractivity contribution >= 4 is 45.0 Å². The molecule has 11 heteroatoms. The Balaban J connectivity index is 1.11. The minimum absolute atomic E-state index is 0.0254. The summed E-state index contributed by atoms with van der Waals surface area (Å²) in [6.07, 6.45) is 6.58. The summed E-state index contributed by atoms with van der Waals surface area (Å²) in [4.78, 5) is 28.1. The fraction of sp³-hybridized carbons (Fsp3) is 0.533. The first-order valence-electron chi connectivity index (χ1n) is 14.5. The van der Waals surface area contributed by atoms with Gasteiger partial charge in [0.25, 0.3) is 0 Å². The number of piperazine rings is 1. The van der Waals surface area contributed by atoms with Crippen LogP contribution in [0.5, 0.6) is 0 Å². The molecule has 5 rings (SSSR count). The van der Waals surface area contributed by atoms with Crippen molar-refractivity contribution in [3.05, 3.63) is 64.1 Å².